The number of alkyl halides is 1. The minimum atomic E-state index is -0.555. The Bertz CT molecular complexity index is 747. The summed E-state index contributed by atoms with van der Waals surface area (Å²) in [6.45, 7) is 3.87. The molecule has 0 fully saturated rings. The standard InChI is InChI=1S/C24H33FN2O/c1-4-19-10-5-8-15-23(19)24(27-26-3)18(2)22-14-7-6-11-20(22)12-9-13-21(28)16-17-25/h5-8,10-11,14-15,18,24,26-27H,4,9,12-13,16-17H2,1-3H3. The molecule has 2 N–H and O–H groups in total. The molecule has 0 amide bonds. The van der Waals surface area contributed by atoms with Crippen LogP contribution in [0.2, 0.25) is 0 Å². The molecular formula is C24H33FN2O. The van der Waals surface area contributed by atoms with Crippen LogP contribution in [0.4, 0.5) is 4.39 Å². The van der Waals surface area contributed by atoms with E-state index in [2.05, 4.69) is 73.2 Å². The van der Waals surface area contributed by atoms with Crippen LogP contribution in [0.15, 0.2) is 48.5 Å². The lowest BCUT2D eigenvalue weighted by molar-refractivity contribution is -0.119. The number of hydrogen-bond acceptors (Lipinski definition) is 3. The van der Waals surface area contributed by atoms with E-state index < -0.39 is 6.67 Å². The zero-order valence-corrected chi connectivity index (χ0v) is 17.3. The highest BCUT2D eigenvalue weighted by Gasteiger charge is 2.24. The maximum absolute atomic E-state index is 12.3. The third-order valence-electron chi connectivity index (χ3n) is 5.39. The van der Waals surface area contributed by atoms with Crippen LogP contribution in [0.25, 0.3) is 0 Å². The van der Waals surface area contributed by atoms with E-state index in [0.29, 0.717) is 6.42 Å². The molecule has 0 heterocycles. The molecule has 152 valence electrons. The summed E-state index contributed by atoms with van der Waals surface area (Å²) in [4.78, 5) is 11.6. The maximum atomic E-state index is 12.3. The number of nitrogens with one attached hydrogen (secondary N) is 2. The van der Waals surface area contributed by atoms with Gasteiger partial charge in [0.15, 0.2) is 0 Å². The van der Waals surface area contributed by atoms with Gasteiger partial charge in [0.25, 0.3) is 0 Å². The molecule has 0 bridgehead atoms. The van der Waals surface area contributed by atoms with Crippen LogP contribution in [0.1, 0.15) is 67.3 Å². The van der Waals surface area contributed by atoms with Crippen LogP contribution in [0, 0.1) is 0 Å². The monoisotopic (exact) mass is 384 g/mol. The van der Waals surface area contributed by atoms with E-state index >= 15 is 0 Å². The Morgan fingerprint density at radius 3 is 2.29 bits per heavy atom. The second-order valence-corrected chi connectivity index (χ2v) is 7.24. The van der Waals surface area contributed by atoms with E-state index in [1.54, 1.807) is 0 Å². The van der Waals surface area contributed by atoms with Crippen LogP contribution in [-0.2, 0) is 17.6 Å². The van der Waals surface area contributed by atoms with Gasteiger partial charge in [-0.25, -0.2) is 5.43 Å². The maximum Gasteiger partial charge on any atom is 0.135 e. The van der Waals surface area contributed by atoms with Crippen molar-refractivity contribution < 1.29 is 9.18 Å². The van der Waals surface area contributed by atoms with Crippen molar-refractivity contribution in [2.75, 3.05) is 13.7 Å². The van der Waals surface area contributed by atoms with Crippen LogP contribution >= 0.6 is 0 Å². The van der Waals surface area contributed by atoms with E-state index in [1.807, 2.05) is 7.05 Å². The first kappa shape index (κ1) is 22.3. The average Bonchev–Trinajstić information content (AvgIpc) is 2.72. The predicted octanol–water partition coefficient (Wildman–Crippen LogP) is 5.07. The normalized spacial score (nSPS) is 13.3. The van der Waals surface area contributed by atoms with E-state index in [-0.39, 0.29) is 24.2 Å². The first-order chi connectivity index (χ1) is 13.6. The summed E-state index contributed by atoms with van der Waals surface area (Å²) < 4.78 is 12.3. The minimum Gasteiger partial charge on any atom is -0.300 e. The van der Waals surface area contributed by atoms with Gasteiger partial charge in [-0.2, -0.15) is 0 Å². The minimum absolute atomic E-state index is 0.0135. The largest absolute Gasteiger partial charge is 0.300 e. The lowest BCUT2D eigenvalue weighted by Gasteiger charge is -2.29. The highest BCUT2D eigenvalue weighted by Crippen LogP contribution is 2.34. The van der Waals surface area contributed by atoms with E-state index in [0.717, 1.165) is 19.3 Å². The number of benzene rings is 2. The fraction of sp³-hybridized carbons (Fsp3) is 0.458. The van der Waals surface area contributed by atoms with Crippen molar-refractivity contribution in [3.63, 3.8) is 0 Å². The molecule has 0 aliphatic rings. The Morgan fingerprint density at radius 1 is 1.00 bits per heavy atom. The summed E-state index contributed by atoms with van der Waals surface area (Å²) in [7, 11) is 1.90. The molecule has 0 aliphatic heterocycles. The van der Waals surface area contributed by atoms with E-state index in [1.165, 1.54) is 22.3 Å². The number of rotatable bonds is 12. The molecule has 2 aromatic carbocycles. The van der Waals surface area contributed by atoms with Crippen molar-refractivity contribution in [2.45, 2.75) is 57.9 Å². The predicted molar refractivity (Wildman–Crippen MR) is 114 cm³/mol. The molecule has 0 aliphatic carbocycles. The topological polar surface area (TPSA) is 41.1 Å². The van der Waals surface area contributed by atoms with Crippen molar-refractivity contribution in [2.24, 2.45) is 0 Å². The molecule has 0 radical (unpaired) electrons. The highest BCUT2D eigenvalue weighted by atomic mass is 19.1. The number of carbonyl (C=O) groups is 1. The quantitative estimate of drug-likeness (QED) is 0.502. The first-order valence-corrected chi connectivity index (χ1v) is 10.3. The Balaban J connectivity index is 2.23. The Morgan fingerprint density at radius 2 is 1.64 bits per heavy atom. The van der Waals surface area contributed by atoms with Crippen molar-refractivity contribution >= 4 is 5.78 Å². The van der Waals surface area contributed by atoms with Crippen LogP contribution < -0.4 is 10.9 Å². The van der Waals surface area contributed by atoms with Crippen molar-refractivity contribution in [1.29, 1.82) is 0 Å². The summed E-state index contributed by atoms with van der Waals surface area (Å²) in [6, 6.07) is 17.2. The number of halogens is 1. The number of Topliss-reactive ketones (excluding diaryl/α,β-unsaturated/α-hetero) is 1. The number of carbonyl (C=O) groups excluding carboxylic acids is 1. The smallest absolute Gasteiger partial charge is 0.135 e. The molecule has 2 unspecified atom stereocenters. The second-order valence-electron chi connectivity index (χ2n) is 7.24. The third kappa shape index (κ3) is 5.98. The van der Waals surface area contributed by atoms with Crippen molar-refractivity contribution in [1.82, 2.24) is 10.9 Å². The number of hydrogen-bond donors (Lipinski definition) is 2. The van der Waals surface area contributed by atoms with Gasteiger partial charge < -0.3 is 0 Å². The van der Waals surface area contributed by atoms with Gasteiger partial charge in [-0.3, -0.25) is 14.6 Å². The Hall–Kier alpha value is -2.04. The molecule has 2 rings (SSSR count). The second kappa shape index (κ2) is 11.7. The molecule has 3 nitrogen and oxygen atoms in total. The summed E-state index contributed by atoms with van der Waals surface area (Å²) in [6.07, 6.45) is 3.07. The molecule has 0 saturated heterocycles. The van der Waals surface area contributed by atoms with Crippen molar-refractivity contribution in [3.05, 3.63) is 70.8 Å². The molecule has 0 spiro atoms. The van der Waals surface area contributed by atoms with Crippen molar-refractivity contribution in [3.8, 4) is 0 Å². The van der Waals surface area contributed by atoms with Crippen LogP contribution in [0.3, 0.4) is 0 Å². The molecule has 0 aromatic heterocycles. The fourth-order valence-corrected chi connectivity index (χ4v) is 3.88. The SMILES string of the molecule is CCc1ccccc1C(NNC)C(C)c1ccccc1CCCC(=O)CCF. The summed E-state index contributed by atoms with van der Waals surface area (Å²) in [5, 5.41) is 0. The van der Waals surface area contributed by atoms with Gasteiger partial charge in [0.05, 0.1) is 12.7 Å². The van der Waals surface area contributed by atoms with Gasteiger partial charge in [0, 0.05) is 18.8 Å². The molecule has 4 heteroatoms. The number of aryl methyl sites for hydroxylation is 2. The zero-order chi connectivity index (χ0) is 20.4. The lowest BCUT2D eigenvalue weighted by atomic mass is 9.83. The number of hydrazine groups is 1. The third-order valence-corrected chi connectivity index (χ3v) is 5.39. The molecule has 2 aromatic rings. The Kier molecular flexibility index (Phi) is 9.32. The molecule has 28 heavy (non-hydrogen) atoms. The van der Waals surface area contributed by atoms with Gasteiger partial charge >= 0.3 is 0 Å². The fourth-order valence-electron chi connectivity index (χ4n) is 3.88. The summed E-state index contributed by atoms with van der Waals surface area (Å²) in [5.74, 6) is 0.262. The van der Waals surface area contributed by atoms with Crippen LogP contribution in [-0.4, -0.2) is 19.5 Å². The summed E-state index contributed by atoms with van der Waals surface area (Å²) >= 11 is 0. The van der Waals surface area contributed by atoms with Gasteiger partial charge in [-0.15, -0.1) is 0 Å². The van der Waals surface area contributed by atoms with E-state index in [9.17, 15) is 9.18 Å². The Labute approximate surface area is 168 Å². The molecule has 2 atom stereocenters. The highest BCUT2D eigenvalue weighted by molar-refractivity contribution is 5.78. The van der Waals surface area contributed by atoms with Gasteiger partial charge in [0.1, 0.15) is 5.78 Å². The molecule has 0 saturated carbocycles. The first-order valence-electron chi connectivity index (χ1n) is 10.3. The van der Waals surface area contributed by atoms with Crippen LogP contribution in [0.5, 0.6) is 0 Å². The lowest BCUT2D eigenvalue weighted by Crippen LogP contribution is -2.35. The van der Waals surface area contributed by atoms with Gasteiger partial charge in [0.2, 0.25) is 0 Å². The van der Waals surface area contributed by atoms with E-state index in [4.69, 9.17) is 0 Å². The average molecular weight is 385 g/mol. The number of ketones is 1. The van der Waals surface area contributed by atoms with Gasteiger partial charge in [-0.05, 0) is 48.6 Å². The summed E-state index contributed by atoms with van der Waals surface area (Å²) in [5.41, 5.74) is 11.8. The molecular weight excluding hydrogens is 351 g/mol. The van der Waals surface area contributed by atoms with Gasteiger partial charge in [-0.1, -0.05) is 62.4 Å². The zero-order valence-electron chi connectivity index (χ0n) is 17.3.